The summed E-state index contributed by atoms with van der Waals surface area (Å²) in [6.45, 7) is 8.00. The van der Waals surface area contributed by atoms with Crippen molar-refractivity contribution in [1.29, 1.82) is 5.26 Å². The van der Waals surface area contributed by atoms with Crippen molar-refractivity contribution < 1.29 is 4.79 Å². The van der Waals surface area contributed by atoms with E-state index in [0.717, 1.165) is 0 Å². The average molecular weight is 196 g/mol. The van der Waals surface area contributed by atoms with Gasteiger partial charge in [0.2, 0.25) is 5.91 Å². The Morgan fingerprint density at radius 2 is 2.00 bits per heavy atom. The SMILES string of the molecule is CC(CC#N)N(C)C(=O)CC(C)(C)C. The second-order valence-corrected chi connectivity index (χ2v) is 4.95. The van der Waals surface area contributed by atoms with Crippen molar-refractivity contribution in [3.05, 3.63) is 0 Å². The van der Waals surface area contributed by atoms with Gasteiger partial charge < -0.3 is 4.90 Å². The zero-order valence-electron chi connectivity index (χ0n) is 9.79. The smallest absolute Gasteiger partial charge is 0.223 e. The summed E-state index contributed by atoms with van der Waals surface area (Å²) in [5.41, 5.74) is 0.0116. The van der Waals surface area contributed by atoms with E-state index in [0.29, 0.717) is 12.8 Å². The van der Waals surface area contributed by atoms with Crippen LogP contribution in [0.2, 0.25) is 0 Å². The molecule has 0 aliphatic rings. The predicted molar refractivity (Wildman–Crippen MR) is 56.5 cm³/mol. The quantitative estimate of drug-likeness (QED) is 0.694. The topological polar surface area (TPSA) is 44.1 Å². The zero-order chi connectivity index (χ0) is 11.4. The van der Waals surface area contributed by atoms with Crippen molar-refractivity contribution in [2.45, 2.75) is 46.6 Å². The van der Waals surface area contributed by atoms with Crippen LogP contribution in [0.4, 0.5) is 0 Å². The Bertz CT molecular complexity index is 235. The number of carbonyl (C=O) groups excluding carboxylic acids is 1. The number of hydrogen-bond acceptors (Lipinski definition) is 2. The molecule has 0 rings (SSSR count). The van der Waals surface area contributed by atoms with Gasteiger partial charge in [-0.05, 0) is 12.3 Å². The van der Waals surface area contributed by atoms with Crippen LogP contribution in [0, 0.1) is 16.7 Å². The van der Waals surface area contributed by atoms with Crippen LogP contribution in [0.25, 0.3) is 0 Å². The van der Waals surface area contributed by atoms with Gasteiger partial charge in [-0.1, -0.05) is 20.8 Å². The summed E-state index contributed by atoms with van der Waals surface area (Å²) >= 11 is 0. The van der Waals surface area contributed by atoms with Gasteiger partial charge in [0, 0.05) is 19.5 Å². The molecule has 3 heteroatoms. The summed E-state index contributed by atoms with van der Waals surface area (Å²) in [7, 11) is 1.76. The van der Waals surface area contributed by atoms with Crippen LogP contribution in [-0.2, 0) is 4.79 Å². The fourth-order valence-corrected chi connectivity index (χ4v) is 1.09. The molecule has 0 heterocycles. The van der Waals surface area contributed by atoms with Crippen molar-refractivity contribution in [3.8, 4) is 6.07 Å². The van der Waals surface area contributed by atoms with E-state index in [1.54, 1.807) is 11.9 Å². The summed E-state index contributed by atoms with van der Waals surface area (Å²) in [5.74, 6) is 0.111. The summed E-state index contributed by atoms with van der Waals surface area (Å²) in [5, 5.41) is 8.51. The van der Waals surface area contributed by atoms with E-state index in [1.165, 1.54) is 0 Å². The Hall–Kier alpha value is -1.04. The first-order chi connectivity index (χ1) is 6.28. The molecule has 1 amide bonds. The Morgan fingerprint density at radius 1 is 1.50 bits per heavy atom. The van der Waals surface area contributed by atoms with E-state index >= 15 is 0 Å². The molecule has 0 saturated heterocycles. The zero-order valence-corrected chi connectivity index (χ0v) is 9.79. The molecule has 80 valence electrons. The monoisotopic (exact) mass is 196 g/mol. The highest BCUT2D eigenvalue weighted by molar-refractivity contribution is 5.76. The van der Waals surface area contributed by atoms with E-state index < -0.39 is 0 Å². The second-order valence-electron chi connectivity index (χ2n) is 4.95. The molecular formula is C11H20N2O. The van der Waals surface area contributed by atoms with Crippen molar-refractivity contribution in [2.24, 2.45) is 5.41 Å². The van der Waals surface area contributed by atoms with Gasteiger partial charge >= 0.3 is 0 Å². The molecule has 0 bridgehead atoms. The van der Waals surface area contributed by atoms with Gasteiger partial charge in [-0.2, -0.15) is 5.26 Å². The molecule has 0 fully saturated rings. The first-order valence-electron chi connectivity index (χ1n) is 4.90. The number of amides is 1. The van der Waals surface area contributed by atoms with Crippen molar-refractivity contribution in [1.82, 2.24) is 4.90 Å². The van der Waals surface area contributed by atoms with Crippen LogP contribution < -0.4 is 0 Å². The van der Waals surface area contributed by atoms with Gasteiger partial charge in [-0.25, -0.2) is 0 Å². The molecule has 14 heavy (non-hydrogen) atoms. The minimum atomic E-state index is 0.00912. The molecule has 3 nitrogen and oxygen atoms in total. The number of rotatable bonds is 3. The lowest BCUT2D eigenvalue weighted by molar-refractivity contribution is -0.133. The minimum Gasteiger partial charge on any atom is -0.342 e. The van der Waals surface area contributed by atoms with Crippen LogP contribution in [0.3, 0.4) is 0 Å². The summed E-state index contributed by atoms with van der Waals surface area (Å²) in [6, 6.07) is 2.08. The Balaban J connectivity index is 4.20. The lowest BCUT2D eigenvalue weighted by Crippen LogP contribution is -2.36. The average Bonchev–Trinajstić information content (AvgIpc) is 2.00. The maximum Gasteiger partial charge on any atom is 0.223 e. The van der Waals surface area contributed by atoms with Crippen LogP contribution in [-0.4, -0.2) is 23.9 Å². The molecule has 0 aromatic rings. The molecule has 0 spiro atoms. The third-order valence-electron chi connectivity index (χ3n) is 2.12. The maximum atomic E-state index is 11.7. The molecule has 0 aromatic carbocycles. The van der Waals surface area contributed by atoms with E-state index in [-0.39, 0.29) is 17.4 Å². The van der Waals surface area contributed by atoms with E-state index in [9.17, 15) is 4.79 Å². The first-order valence-corrected chi connectivity index (χ1v) is 4.90. The normalized spacial score (nSPS) is 13.1. The maximum absolute atomic E-state index is 11.7. The molecule has 0 N–H and O–H groups in total. The van der Waals surface area contributed by atoms with Crippen molar-refractivity contribution >= 4 is 5.91 Å². The summed E-state index contributed by atoms with van der Waals surface area (Å²) < 4.78 is 0. The molecule has 0 aromatic heterocycles. The number of carbonyl (C=O) groups is 1. The van der Waals surface area contributed by atoms with Crippen LogP contribution in [0.15, 0.2) is 0 Å². The van der Waals surface area contributed by atoms with E-state index in [2.05, 4.69) is 6.07 Å². The van der Waals surface area contributed by atoms with E-state index in [1.807, 2.05) is 27.7 Å². The Kier molecular flexibility index (Phi) is 4.62. The minimum absolute atomic E-state index is 0.00912. The van der Waals surface area contributed by atoms with Crippen LogP contribution in [0.1, 0.15) is 40.5 Å². The molecular weight excluding hydrogens is 176 g/mol. The molecule has 0 radical (unpaired) electrons. The van der Waals surface area contributed by atoms with Gasteiger partial charge in [-0.15, -0.1) is 0 Å². The van der Waals surface area contributed by atoms with Crippen molar-refractivity contribution in [2.75, 3.05) is 7.05 Å². The van der Waals surface area contributed by atoms with Crippen LogP contribution >= 0.6 is 0 Å². The number of hydrogen-bond donors (Lipinski definition) is 0. The van der Waals surface area contributed by atoms with Crippen molar-refractivity contribution in [3.63, 3.8) is 0 Å². The highest BCUT2D eigenvalue weighted by atomic mass is 16.2. The predicted octanol–water partition coefficient (Wildman–Crippen LogP) is 2.18. The second kappa shape index (κ2) is 4.99. The summed E-state index contributed by atoms with van der Waals surface area (Å²) in [4.78, 5) is 13.4. The molecule has 1 unspecified atom stereocenters. The largest absolute Gasteiger partial charge is 0.342 e. The third-order valence-corrected chi connectivity index (χ3v) is 2.12. The fraction of sp³-hybridized carbons (Fsp3) is 0.818. The van der Waals surface area contributed by atoms with Gasteiger partial charge in [0.1, 0.15) is 0 Å². The van der Waals surface area contributed by atoms with Crippen LogP contribution in [0.5, 0.6) is 0 Å². The fourth-order valence-electron chi connectivity index (χ4n) is 1.09. The van der Waals surface area contributed by atoms with Gasteiger partial charge in [0.15, 0.2) is 0 Å². The lowest BCUT2D eigenvalue weighted by atomic mass is 9.91. The Labute approximate surface area is 86.7 Å². The van der Waals surface area contributed by atoms with Gasteiger partial charge in [0.05, 0.1) is 12.5 Å². The molecule has 0 aliphatic heterocycles. The standard InChI is InChI=1S/C11H20N2O/c1-9(6-7-12)13(5)10(14)8-11(2,3)4/h9H,6,8H2,1-5H3. The number of nitrogens with zero attached hydrogens (tertiary/aromatic N) is 2. The molecule has 0 aliphatic carbocycles. The van der Waals surface area contributed by atoms with E-state index in [4.69, 9.17) is 5.26 Å². The highest BCUT2D eigenvalue weighted by Crippen LogP contribution is 2.20. The molecule has 0 saturated carbocycles. The third kappa shape index (κ3) is 4.86. The molecule has 1 atom stereocenters. The van der Waals surface area contributed by atoms with Gasteiger partial charge in [-0.3, -0.25) is 4.79 Å². The lowest BCUT2D eigenvalue weighted by Gasteiger charge is -2.26. The number of nitriles is 1. The Morgan fingerprint density at radius 3 is 2.36 bits per heavy atom. The highest BCUT2D eigenvalue weighted by Gasteiger charge is 2.21. The first kappa shape index (κ1) is 13.0. The van der Waals surface area contributed by atoms with Gasteiger partial charge in [0.25, 0.3) is 0 Å². The summed E-state index contributed by atoms with van der Waals surface area (Å²) in [6.07, 6.45) is 0.922.